The van der Waals surface area contributed by atoms with Crippen LogP contribution in [0.4, 0.5) is 0 Å². The summed E-state index contributed by atoms with van der Waals surface area (Å²) in [5, 5.41) is 0. The van der Waals surface area contributed by atoms with Crippen molar-refractivity contribution in [2.75, 3.05) is 0 Å². The van der Waals surface area contributed by atoms with Crippen molar-refractivity contribution >= 4 is 5.78 Å². The number of rotatable bonds is 2. The van der Waals surface area contributed by atoms with E-state index in [-0.39, 0.29) is 0 Å². The molecule has 0 aliphatic carbocycles. The van der Waals surface area contributed by atoms with Gasteiger partial charge in [0.05, 0.1) is 26.7 Å². The normalized spacial score (nSPS) is 8.43. The van der Waals surface area contributed by atoms with E-state index >= 15 is 0 Å². The lowest BCUT2D eigenvalue weighted by Crippen LogP contribution is -1.94. The Morgan fingerprint density at radius 1 is 1.57 bits per heavy atom. The molecule has 0 aromatic carbocycles. The first kappa shape index (κ1) is 6.54. The van der Waals surface area contributed by atoms with E-state index in [1.165, 1.54) is 5.92 Å². The standard InChI is InChI=1S/C6H11O/c1-5(2)4-6(3)7/h4H2,1-3H3/q+1/p+1. The molecule has 0 heterocycles. The summed E-state index contributed by atoms with van der Waals surface area (Å²) in [6, 6.07) is 0. The predicted octanol–water partition coefficient (Wildman–Crippen LogP) is 1.56. The molecule has 0 amide bonds. The van der Waals surface area contributed by atoms with Gasteiger partial charge in [0.15, 0.2) is 6.42 Å². The smallest absolute Gasteiger partial charge is 0.279 e. The van der Waals surface area contributed by atoms with Gasteiger partial charge in [-0.25, -0.2) is 0 Å². The van der Waals surface area contributed by atoms with Crippen LogP contribution in [-0.2, 0) is 0 Å². The lowest BCUT2D eigenvalue weighted by Gasteiger charge is -1.80. The van der Waals surface area contributed by atoms with Crippen molar-refractivity contribution < 1.29 is 4.79 Å². The summed E-state index contributed by atoms with van der Waals surface area (Å²) in [6.07, 6.45) is 0.750. The maximum absolute atomic E-state index is 8.62. The third kappa shape index (κ3) is 5.54. The Hall–Kier alpha value is -0.460. The topological polar surface area (TPSA) is 21.4 Å². The van der Waals surface area contributed by atoms with Crippen molar-refractivity contribution in [3.8, 4) is 0 Å². The lowest BCUT2D eigenvalue weighted by atomic mass is 10.1. The summed E-state index contributed by atoms with van der Waals surface area (Å²) in [6.45, 7) is 5.71. The van der Waals surface area contributed by atoms with Gasteiger partial charge in [0.2, 0.25) is 0 Å². The molecule has 0 aliphatic heterocycles. The molecular formula is C6H12O+2. The van der Waals surface area contributed by atoms with Crippen LogP contribution in [0.3, 0.4) is 0 Å². The molecular weight excluding hydrogens is 88.1 g/mol. The maximum Gasteiger partial charge on any atom is 0.333 e. The van der Waals surface area contributed by atoms with Gasteiger partial charge in [0, 0.05) is 0 Å². The Balaban J connectivity index is 3.13. The zero-order chi connectivity index (χ0) is 5.86. The first-order chi connectivity index (χ1) is 3.13. The van der Waals surface area contributed by atoms with E-state index in [4.69, 9.17) is 4.79 Å². The van der Waals surface area contributed by atoms with Crippen LogP contribution in [0.1, 0.15) is 27.2 Å². The van der Waals surface area contributed by atoms with Crippen LogP contribution in [0.5, 0.6) is 0 Å². The average Bonchev–Trinajstić information content (AvgIpc) is 1.27. The molecule has 1 N–H and O–H groups in total. The molecule has 0 radical (unpaired) electrons. The summed E-state index contributed by atoms with van der Waals surface area (Å²) in [5.74, 6) is 1.75. The van der Waals surface area contributed by atoms with Gasteiger partial charge >= 0.3 is 5.78 Å². The Morgan fingerprint density at radius 2 is 2.00 bits per heavy atom. The molecule has 40 valence electrons. The first-order valence-electron chi connectivity index (χ1n) is 2.43. The van der Waals surface area contributed by atoms with E-state index in [1.807, 2.05) is 13.8 Å². The highest BCUT2D eigenvalue weighted by Crippen LogP contribution is 2.00. The SMILES string of the molecule is CC(=[OH+])C[C+](C)C. The van der Waals surface area contributed by atoms with Gasteiger partial charge in [-0.1, -0.05) is 0 Å². The molecule has 1 nitrogen and oxygen atoms in total. The van der Waals surface area contributed by atoms with Crippen LogP contribution >= 0.6 is 0 Å². The number of hydrogen-bond donors (Lipinski definition) is 0. The minimum absolute atomic E-state index is 0.500. The van der Waals surface area contributed by atoms with Crippen LogP contribution < -0.4 is 0 Å². The van der Waals surface area contributed by atoms with E-state index in [9.17, 15) is 0 Å². The third-order valence-electron chi connectivity index (χ3n) is 0.609. The summed E-state index contributed by atoms with van der Waals surface area (Å²) in [7, 11) is 0. The zero-order valence-corrected chi connectivity index (χ0v) is 5.15. The number of hydrogen-bond acceptors (Lipinski definition) is 0. The van der Waals surface area contributed by atoms with Crippen molar-refractivity contribution in [2.24, 2.45) is 0 Å². The highest BCUT2D eigenvalue weighted by Gasteiger charge is 2.11. The van der Waals surface area contributed by atoms with Gasteiger partial charge in [-0.2, -0.15) is 0 Å². The average molecular weight is 100 g/mol. The highest BCUT2D eigenvalue weighted by molar-refractivity contribution is 5.78. The first-order valence-corrected chi connectivity index (χ1v) is 2.43. The van der Waals surface area contributed by atoms with Crippen LogP contribution in [0, 0.1) is 5.92 Å². The minimum atomic E-state index is 0.500. The molecule has 0 fully saturated rings. The van der Waals surface area contributed by atoms with E-state index in [0.717, 1.165) is 6.42 Å². The summed E-state index contributed by atoms with van der Waals surface area (Å²) >= 11 is 0. The molecule has 0 bridgehead atoms. The second-order valence-corrected chi connectivity index (χ2v) is 2.12. The van der Waals surface area contributed by atoms with Crippen LogP contribution in [0.2, 0.25) is 0 Å². The fourth-order valence-electron chi connectivity index (χ4n) is 0.512. The molecule has 1 heteroatoms. The molecule has 0 atom stereocenters. The Bertz CT molecular complexity index is 64.6. The summed E-state index contributed by atoms with van der Waals surface area (Å²) in [4.78, 5) is 8.62. The Kier molecular flexibility index (Phi) is 2.49. The van der Waals surface area contributed by atoms with E-state index in [1.54, 1.807) is 6.92 Å². The molecule has 0 spiro atoms. The van der Waals surface area contributed by atoms with E-state index in [2.05, 4.69) is 0 Å². The second-order valence-electron chi connectivity index (χ2n) is 2.12. The second kappa shape index (κ2) is 2.67. The fourth-order valence-corrected chi connectivity index (χ4v) is 0.512. The van der Waals surface area contributed by atoms with Crippen molar-refractivity contribution in [1.82, 2.24) is 0 Å². The van der Waals surface area contributed by atoms with Crippen LogP contribution in [-0.4, -0.2) is 10.6 Å². The van der Waals surface area contributed by atoms with Gasteiger partial charge in [-0.05, 0) is 0 Å². The Morgan fingerprint density at radius 3 is 2.00 bits per heavy atom. The fraction of sp³-hybridized carbons (Fsp3) is 0.667. The highest BCUT2D eigenvalue weighted by atomic mass is 16.1. The lowest BCUT2D eigenvalue weighted by molar-refractivity contribution is 0.656. The van der Waals surface area contributed by atoms with Gasteiger partial charge in [-0.15, -0.1) is 0 Å². The van der Waals surface area contributed by atoms with Crippen molar-refractivity contribution in [2.45, 2.75) is 27.2 Å². The van der Waals surface area contributed by atoms with Crippen LogP contribution in [0.25, 0.3) is 0 Å². The molecule has 0 saturated heterocycles. The molecule has 0 unspecified atom stereocenters. The maximum atomic E-state index is 8.62. The van der Waals surface area contributed by atoms with Gasteiger partial charge < -0.3 is 0 Å². The monoisotopic (exact) mass is 100 g/mol. The molecule has 0 rings (SSSR count). The van der Waals surface area contributed by atoms with Crippen LogP contribution in [0.15, 0.2) is 0 Å². The number of ketones is 1. The van der Waals surface area contributed by atoms with Crippen molar-refractivity contribution in [3.05, 3.63) is 5.92 Å². The molecule has 7 heavy (non-hydrogen) atoms. The molecule has 0 aliphatic rings. The van der Waals surface area contributed by atoms with E-state index < -0.39 is 0 Å². The molecule has 0 aromatic heterocycles. The largest absolute Gasteiger partial charge is 0.333 e. The third-order valence-corrected chi connectivity index (χ3v) is 0.609. The quantitative estimate of drug-likeness (QED) is 0.371. The van der Waals surface area contributed by atoms with Gasteiger partial charge in [0.25, 0.3) is 0 Å². The van der Waals surface area contributed by atoms with Crippen molar-refractivity contribution in [3.63, 3.8) is 0 Å². The summed E-state index contributed by atoms with van der Waals surface area (Å²) in [5.41, 5.74) is 0. The Labute approximate surface area is 44.7 Å². The minimum Gasteiger partial charge on any atom is -0.279 e. The molecule has 0 saturated carbocycles. The number of carbonyl (C=O) groups excluding carboxylic acids is 1. The predicted molar refractivity (Wildman–Crippen MR) is 31.8 cm³/mol. The zero-order valence-electron chi connectivity index (χ0n) is 5.15. The molecule has 0 aromatic rings. The summed E-state index contributed by atoms with van der Waals surface area (Å²) < 4.78 is 0. The van der Waals surface area contributed by atoms with Gasteiger partial charge in [-0.3, -0.25) is 4.79 Å². The van der Waals surface area contributed by atoms with E-state index in [0.29, 0.717) is 5.78 Å². The van der Waals surface area contributed by atoms with Crippen molar-refractivity contribution in [1.29, 1.82) is 0 Å². The van der Waals surface area contributed by atoms with Gasteiger partial charge in [0.1, 0.15) is 0 Å².